The SMILES string of the molecule is CC(Sc1ccc(NC(=O)c2ccc(F)cc2)cc1)C(=O)Nc1nc(-c2ccc(Br)cc2)cs1. The van der Waals surface area contributed by atoms with E-state index in [-0.39, 0.29) is 17.1 Å². The standard InChI is InChI=1S/C25H19BrFN3O2S2/c1-15(23(31)30-25-29-22(14-33-25)16-2-6-18(26)7-3-16)34-21-12-10-20(11-13-21)28-24(32)17-4-8-19(27)9-5-17/h2-15H,1H3,(H,28,32)(H,29,30,31). The molecule has 1 atom stereocenters. The summed E-state index contributed by atoms with van der Waals surface area (Å²) in [6.45, 7) is 1.83. The third-order valence-electron chi connectivity index (χ3n) is 4.77. The predicted octanol–water partition coefficient (Wildman–Crippen LogP) is 7.08. The van der Waals surface area contributed by atoms with Crippen molar-refractivity contribution in [2.45, 2.75) is 17.1 Å². The maximum atomic E-state index is 13.0. The number of amides is 2. The number of rotatable bonds is 7. The molecule has 1 heterocycles. The molecule has 0 bridgehead atoms. The molecule has 9 heteroatoms. The van der Waals surface area contributed by atoms with Crippen LogP contribution in [0.25, 0.3) is 11.3 Å². The van der Waals surface area contributed by atoms with Crippen LogP contribution in [0, 0.1) is 5.82 Å². The van der Waals surface area contributed by atoms with Gasteiger partial charge in [0.15, 0.2) is 5.13 Å². The maximum absolute atomic E-state index is 13.0. The average Bonchev–Trinajstić information content (AvgIpc) is 3.29. The molecule has 1 aromatic heterocycles. The van der Waals surface area contributed by atoms with Crippen molar-refractivity contribution in [2.75, 3.05) is 10.6 Å². The Morgan fingerprint density at radius 1 is 0.971 bits per heavy atom. The molecular formula is C25H19BrFN3O2S2. The average molecular weight is 556 g/mol. The van der Waals surface area contributed by atoms with Gasteiger partial charge in [-0.2, -0.15) is 0 Å². The van der Waals surface area contributed by atoms with E-state index >= 15 is 0 Å². The molecule has 4 aromatic rings. The van der Waals surface area contributed by atoms with Gasteiger partial charge in [-0.05, 0) is 67.6 Å². The third-order valence-corrected chi connectivity index (χ3v) is 7.17. The van der Waals surface area contributed by atoms with Crippen LogP contribution in [0.5, 0.6) is 0 Å². The molecule has 0 aliphatic rings. The zero-order chi connectivity index (χ0) is 24.1. The highest BCUT2D eigenvalue weighted by Gasteiger charge is 2.17. The normalized spacial score (nSPS) is 11.6. The van der Waals surface area contributed by atoms with Crippen LogP contribution >= 0.6 is 39.0 Å². The zero-order valence-corrected chi connectivity index (χ0v) is 21.1. The summed E-state index contributed by atoms with van der Waals surface area (Å²) < 4.78 is 14.0. The third kappa shape index (κ3) is 6.31. The molecule has 5 nitrogen and oxygen atoms in total. The van der Waals surface area contributed by atoms with E-state index in [9.17, 15) is 14.0 Å². The number of thioether (sulfide) groups is 1. The van der Waals surface area contributed by atoms with E-state index in [0.717, 1.165) is 20.6 Å². The lowest BCUT2D eigenvalue weighted by Gasteiger charge is -2.11. The highest BCUT2D eigenvalue weighted by molar-refractivity contribution is 9.10. The second-order valence-electron chi connectivity index (χ2n) is 7.28. The Morgan fingerprint density at radius 3 is 2.32 bits per heavy atom. The van der Waals surface area contributed by atoms with Crippen molar-refractivity contribution in [1.82, 2.24) is 4.98 Å². The summed E-state index contributed by atoms with van der Waals surface area (Å²) in [5.74, 6) is -0.856. The number of carbonyl (C=O) groups is 2. The number of anilines is 2. The van der Waals surface area contributed by atoms with E-state index < -0.39 is 5.82 Å². The van der Waals surface area contributed by atoms with E-state index in [1.165, 1.54) is 47.4 Å². The van der Waals surface area contributed by atoms with Gasteiger partial charge in [0.05, 0.1) is 10.9 Å². The van der Waals surface area contributed by atoms with Crippen molar-refractivity contribution in [3.8, 4) is 11.3 Å². The quantitative estimate of drug-likeness (QED) is 0.239. The molecule has 2 amide bonds. The number of carbonyl (C=O) groups excluding carboxylic acids is 2. The number of aromatic nitrogens is 1. The van der Waals surface area contributed by atoms with Gasteiger partial charge in [0.25, 0.3) is 5.91 Å². The molecule has 3 aromatic carbocycles. The summed E-state index contributed by atoms with van der Waals surface area (Å²) in [4.78, 5) is 30.3. The summed E-state index contributed by atoms with van der Waals surface area (Å²) in [5, 5.41) is 7.77. The molecule has 0 saturated carbocycles. The van der Waals surface area contributed by atoms with Crippen molar-refractivity contribution in [1.29, 1.82) is 0 Å². The van der Waals surface area contributed by atoms with Gasteiger partial charge in [-0.1, -0.05) is 28.1 Å². The first-order chi connectivity index (χ1) is 16.4. The van der Waals surface area contributed by atoms with Crippen LogP contribution in [0.1, 0.15) is 17.3 Å². The zero-order valence-electron chi connectivity index (χ0n) is 17.9. The summed E-state index contributed by atoms with van der Waals surface area (Å²) in [6.07, 6.45) is 0. The fraction of sp³-hybridized carbons (Fsp3) is 0.0800. The molecule has 0 aliphatic heterocycles. The van der Waals surface area contributed by atoms with Crippen molar-refractivity contribution in [3.05, 3.63) is 94.0 Å². The number of hydrogen-bond donors (Lipinski definition) is 2. The molecule has 34 heavy (non-hydrogen) atoms. The summed E-state index contributed by atoms with van der Waals surface area (Å²) in [6, 6.07) is 20.4. The number of thiazole rings is 1. The fourth-order valence-electron chi connectivity index (χ4n) is 2.97. The molecule has 0 saturated heterocycles. The van der Waals surface area contributed by atoms with Crippen LogP contribution in [0.15, 0.2) is 87.5 Å². The van der Waals surface area contributed by atoms with E-state index in [2.05, 4.69) is 31.5 Å². The Labute approximate surface area is 213 Å². The Balaban J connectivity index is 1.31. The molecule has 4 rings (SSSR count). The lowest BCUT2D eigenvalue weighted by Crippen LogP contribution is -2.22. The number of nitrogens with one attached hydrogen (secondary N) is 2. The highest BCUT2D eigenvalue weighted by atomic mass is 79.9. The van der Waals surface area contributed by atoms with Crippen LogP contribution in [0.4, 0.5) is 15.2 Å². The molecule has 2 N–H and O–H groups in total. The molecule has 1 unspecified atom stereocenters. The lowest BCUT2D eigenvalue weighted by molar-refractivity contribution is -0.115. The molecule has 0 fully saturated rings. The minimum atomic E-state index is -0.393. The highest BCUT2D eigenvalue weighted by Crippen LogP contribution is 2.29. The largest absolute Gasteiger partial charge is 0.322 e. The molecule has 0 aliphatic carbocycles. The van der Waals surface area contributed by atoms with E-state index in [4.69, 9.17) is 0 Å². The summed E-state index contributed by atoms with van der Waals surface area (Å²) in [7, 11) is 0. The molecule has 0 radical (unpaired) electrons. The van der Waals surface area contributed by atoms with E-state index in [1.807, 2.05) is 48.7 Å². The monoisotopic (exact) mass is 555 g/mol. The first-order valence-electron chi connectivity index (χ1n) is 10.2. The minimum Gasteiger partial charge on any atom is -0.322 e. The summed E-state index contributed by atoms with van der Waals surface area (Å²) in [5.41, 5.74) is 2.77. The fourth-order valence-corrected chi connectivity index (χ4v) is 4.82. The molecular weight excluding hydrogens is 537 g/mol. The number of benzene rings is 3. The molecule has 0 spiro atoms. The van der Waals surface area contributed by atoms with Crippen molar-refractivity contribution >= 4 is 61.7 Å². The second-order valence-corrected chi connectivity index (χ2v) is 10.5. The lowest BCUT2D eigenvalue weighted by atomic mass is 10.2. The Kier molecular flexibility index (Phi) is 7.77. The maximum Gasteiger partial charge on any atom is 0.255 e. The van der Waals surface area contributed by atoms with Crippen LogP contribution in [-0.2, 0) is 4.79 Å². The van der Waals surface area contributed by atoms with Crippen LogP contribution in [0.2, 0.25) is 0 Å². The number of hydrogen-bond acceptors (Lipinski definition) is 5. The van der Waals surface area contributed by atoms with Gasteiger partial charge in [-0.3, -0.25) is 9.59 Å². The van der Waals surface area contributed by atoms with Crippen molar-refractivity contribution < 1.29 is 14.0 Å². The van der Waals surface area contributed by atoms with Crippen molar-refractivity contribution in [2.24, 2.45) is 0 Å². The number of nitrogens with zero attached hydrogens (tertiary/aromatic N) is 1. The van der Waals surface area contributed by atoms with E-state index in [0.29, 0.717) is 16.4 Å². The van der Waals surface area contributed by atoms with Gasteiger partial charge in [-0.15, -0.1) is 23.1 Å². The summed E-state index contributed by atoms with van der Waals surface area (Å²) >= 11 is 6.21. The van der Waals surface area contributed by atoms with Gasteiger partial charge in [0.2, 0.25) is 5.91 Å². The Morgan fingerprint density at radius 2 is 1.65 bits per heavy atom. The topological polar surface area (TPSA) is 71.1 Å². The minimum absolute atomic E-state index is 0.143. The van der Waals surface area contributed by atoms with Gasteiger partial charge in [0, 0.05) is 31.6 Å². The van der Waals surface area contributed by atoms with Crippen molar-refractivity contribution in [3.63, 3.8) is 0 Å². The van der Waals surface area contributed by atoms with E-state index in [1.54, 1.807) is 12.1 Å². The predicted molar refractivity (Wildman–Crippen MR) is 140 cm³/mol. The number of halogens is 2. The first-order valence-corrected chi connectivity index (χ1v) is 12.8. The second kappa shape index (κ2) is 10.9. The van der Waals surface area contributed by atoms with Crippen LogP contribution < -0.4 is 10.6 Å². The van der Waals surface area contributed by atoms with Gasteiger partial charge < -0.3 is 10.6 Å². The van der Waals surface area contributed by atoms with Crippen LogP contribution in [0.3, 0.4) is 0 Å². The molecule has 172 valence electrons. The Bertz CT molecular complexity index is 1290. The smallest absolute Gasteiger partial charge is 0.255 e. The first kappa shape index (κ1) is 24.1. The Hall–Kier alpha value is -3.01. The van der Waals surface area contributed by atoms with Gasteiger partial charge in [-0.25, -0.2) is 9.37 Å². The van der Waals surface area contributed by atoms with Crippen LogP contribution in [-0.4, -0.2) is 22.0 Å². The van der Waals surface area contributed by atoms with Gasteiger partial charge >= 0.3 is 0 Å². The van der Waals surface area contributed by atoms with Gasteiger partial charge in [0.1, 0.15) is 5.82 Å².